The number of para-hydroxylation sites is 1. The van der Waals surface area contributed by atoms with E-state index in [4.69, 9.17) is 0 Å². The summed E-state index contributed by atoms with van der Waals surface area (Å²) in [6.45, 7) is 3.75. The fraction of sp³-hybridized carbons (Fsp3) is 0.143. The van der Waals surface area contributed by atoms with Gasteiger partial charge >= 0.3 is 0 Å². The molecular formula is C21H19N5OS. The summed E-state index contributed by atoms with van der Waals surface area (Å²) < 4.78 is 3.25. The lowest BCUT2D eigenvalue weighted by atomic mass is 10.2. The lowest BCUT2D eigenvalue weighted by molar-refractivity contribution is 0.0924. The molecule has 0 saturated heterocycles. The van der Waals surface area contributed by atoms with Crippen molar-refractivity contribution in [2.75, 3.05) is 5.75 Å². The van der Waals surface area contributed by atoms with E-state index in [1.54, 1.807) is 0 Å². The Balaban J connectivity index is 1.62. The Bertz CT molecular complexity index is 1050. The lowest BCUT2D eigenvalue weighted by Crippen LogP contribution is -2.16. The number of thioether (sulfide) groups is 1. The fourth-order valence-corrected chi connectivity index (χ4v) is 3.61. The first-order chi connectivity index (χ1) is 13.6. The Labute approximate surface area is 167 Å². The number of aromatic nitrogens is 5. The molecule has 0 N–H and O–H groups in total. The van der Waals surface area contributed by atoms with Crippen LogP contribution in [0.2, 0.25) is 0 Å². The molecule has 0 aliphatic carbocycles. The number of hydrogen-bond acceptors (Lipinski definition) is 5. The van der Waals surface area contributed by atoms with Crippen LogP contribution in [0.3, 0.4) is 0 Å². The second-order valence-electron chi connectivity index (χ2n) is 6.35. The maximum Gasteiger partial charge on any atom is 0.257 e. The number of hydrogen-bond donors (Lipinski definition) is 0. The minimum atomic E-state index is -0.0899. The quantitative estimate of drug-likeness (QED) is 0.479. The molecule has 2 heterocycles. The molecule has 0 atom stereocenters. The van der Waals surface area contributed by atoms with Crippen molar-refractivity contribution in [3.63, 3.8) is 0 Å². The monoisotopic (exact) mass is 389 g/mol. The van der Waals surface area contributed by atoms with E-state index < -0.39 is 0 Å². The highest BCUT2D eigenvalue weighted by Crippen LogP contribution is 2.25. The van der Waals surface area contributed by atoms with E-state index in [0.29, 0.717) is 5.16 Å². The smallest absolute Gasteiger partial charge is 0.257 e. The van der Waals surface area contributed by atoms with Crippen LogP contribution >= 0.6 is 11.8 Å². The maximum absolute atomic E-state index is 12.5. The van der Waals surface area contributed by atoms with Crippen molar-refractivity contribution >= 4 is 17.7 Å². The van der Waals surface area contributed by atoms with Gasteiger partial charge in [-0.25, -0.2) is 14.3 Å². The van der Waals surface area contributed by atoms with Crippen LogP contribution in [0.15, 0.2) is 71.9 Å². The Morgan fingerprint density at radius 2 is 1.64 bits per heavy atom. The van der Waals surface area contributed by atoms with Gasteiger partial charge in [0.15, 0.2) is 5.82 Å². The van der Waals surface area contributed by atoms with Crippen LogP contribution in [0.5, 0.6) is 0 Å². The molecule has 7 heteroatoms. The van der Waals surface area contributed by atoms with Gasteiger partial charge in [-0.05, 0) is 32.0 Å². The lowest BCUT2D eigenvalue weighted by Gasteiger charge is -2.05. The van der Waals surface area contributed by atoms with Gasteiger partial charge < -0.3 is 0 Å². The Morgan fingerprint density at radius 1 is 0.964 bits per heavy atom. The zero-order chi connectivity index (χ0) is 19.5. The summed E-state index contributed by atoms with van der Waals surface area (Å²) in [5, 5.41) is 9.44. The second-order valence-corrected chi connectivity index (χ2v) is 7.30. The van der Waals surface area contributed by atoms with Gasteiger partial charge in [-0.15, -0.1) is 5.10 Å². The third-order valence-corrected chi connectivity index (χ3v) is 5.01. The first-order valence-corrected chi connectivity index (χ1v) is 9.87. The highest BCUT2D eigenvalue weighted by Gasteiger charge is 2.16. The summed E-state index contributed by atoms with van der Waals surface area (Å²) in [5.74, 6) is 0.871. The van der Waals surface area contributed by atoms with Crippen LogP contribution in [0, 0.1) is 13.8 Å². The van der Waals surface area contributed by atoms with Gasteiger partial charge in [-0.2, -0.15) is 5.10 Å². The minimum absolute atomic E-state index is 0.0899. The van der Waals surface area contributed by atoms with E-state index in [1.165, 1.54) is 16.4 Å². The molecule has 0 saturated carbocycles. The molecule has 2 aromatic carbocycles. The summed E-state index contributed by atoms with van der Waals surface area (Å²) in [6, 6.07) is 21.7. The van der Waals surface area contributed by atoms with Gasteiger partial charge in [0, 0.05) is 11.3 Å². The largest absolute Gasteiger partial charge is 0.272 e. The Kier molecular flexibility index (Phi) is 5.08. The molecule has 0 bridgehead atoms. The highest BCUT2D eigenvalue weighted by molar-refractivity contribution is 7.99. The fourth-order valence-electron chi connectivity index (χ4n) is 2.95. The highest BCUT2D eigenvalue weighted by atomic mass is 32.2. The summed E-state index contributed by atoms with van der Waals surface area (Å²) in [6.07, 6.45) is 0. The molecule has 6 nitrogen and oxygen atoms in total. The number of benzene rings is 2. The minimum Gasteiger partial charge on any atom is -0.272 e. The third kappa shape index (κ3) is 3.75. The van der Waals surface area contributed by atoms with Crippen molar-refractivity contribution in [2.24, 2.45) is 0 Å². The van der Waals surface area contributed by atoms with Gasteiger partial charge in [-0.3, -0.25) is 4.79 Å². The zero-order valence-electron chi connectivity index (χ0n) is 15.6. The van der Waals surface area contributed by atoms with E-state index in [-0.39, 0.29) is 11.7 Å². The average Bonchev–Trinajstić information content (AvgIpc) is 3.30. The number of nitrogens with zero attached hydrogens (tertiary/aromatic N) is 5. The molecule has 0 fully saturated rings. The molecule has 140 valence electrons. The molecule has 4 aromatic rings. The predicted octanol–water partition coefficient (Wildman–Crippen LogP) is 4.18. The predicted molar refractivity (Wildman–Crippen MR) is 110 cm³/mol. The first kappa shape index (κ1) is 18.2. The van der Waals surface area contributed by atoms with E-state index >= 15 is 0 Å². The van der Waals surface area contributed by atoms with E-state index in [1.807, 2.05) is 85.3 Å². The van der Waals surface area contributed by atoms with Crippen molar-refractivity contribution in [3.8, 4) is 17.1 Å². The van der Waals surface area contributed by atoms with Crippen LogP contribution in [0.1, 0.15) is 16.2 Å². The first-order valence-electron chi connectivity index (χ1n) is 8.89. The summed E-state index contributed by atoms with van der Waals surface area (Å²) in [7, 11) is 0. The molecule has 0 aliphatic heterocycles. The summed E-state index contributed by atoms with van der Waals surface area (Å²) >= 11 is 1.31. The number of carbonyl (C=O) groups excluding carboxylic acids is 1. The van der Waals surface area contributed by atoms with Gasteiger partial charge in [0.1, 0.15) is 0 Å². The molecule has 0 radical (unpaired) electrons. The van der Waals surface area contributed by atoms with Crippen LogP contribution in [-0.4, -0.2) is 36.2 Å². The molecular weight excluding hydrogens is 370 g/mol. The molecule has 28 heavy (non-hydrogen) atoms. The zero-order valence-corrected chi connectivity index (χ0v) is 16.4. The molecule has 4 rings (SSSR count). The van der Waals surface area contributed by atoms with Crippen LogP contribution < -0.4 is 0 Å². The van der Waals surface area contributed by atoms with Gasteiger partial charge in [-0.1, -0.05) is 60.3 Å². The molecule has 2 aromatic heterocycles. The molecule has 0 aliphatic rings. The topological polar surface area (TPSA) is 65.6 Å². The molecule has 0 unspecified atom stereocenters. The van der Waals surface area contributed by atoms with Crippen molar-refractivity contribution in [1.29, 1.82) is 0 Å². The Hall–Kier alpha value is -3.19. The van der Waals surface area contributed by atoms with E-state index in [2.05, 4.69) is 15.2 Å². The van der Waals surface area contributed by atoms with Crippen molar-refractivity contribution in [3.05, 3.63) is 78.1 Å². The van der Waals surface area contributed by atoms with Crippen molar-refractivity contribution in [1.82, 2.24) is 24.5 Å². The maximum atomic E-state index is 12.5. The van der Waals surface area contributed by atoms with Crippen LogP contribution in [0.4, 0.5) is 0 Å². The van der Waals surface area contributed by atoms with Crippen molar-refractivity contribution in [2.45, 2.75) is 19.0 Å². The SMILES string of the molecule is Cc1cc(C)n(C(=O)CSc2nc(-c3ccccc3)n(-c3ccccc3)n2)n1. The van der Waals surface area contributed by atoms with Crippen LogP contribution in [-0.2, 0) is 0 Å². The normalized spacial score (nSPS) is 10.9. The molecule has 0 spiro atoms. The average molecular weight is 389 g/mol. The van der Waals surface area contributed by atoms with E-state index in [0.717, 1.165) is 28.5 Å². The standard InChI is InChI=1S/C21H19N5OS/c1-15-13-16(2)25(23-15)19(27)14-28-21-22-20(17-9-5-3-6-10-17)26(24-21)18-11-7-4-8-12-18/h3-13H,14H2,1-2H3. The van der Waals surface area contributed by atoms with E-state index in [9.17, 15) is 4.79 Å². The summed E-state index contributed by atoms with van der Waals surface area (Å²) in [4.78, 5) is 17.2. The molecule has 0 amide bonds. The van der Waals surface area contributed by atoms with Crippen LogP contribution in [0.25, 0.3) is 17.1 Å². The number of carbonyl (C=O) groups is 1. The van der Waals surface area contributed by atoms with Crippen molar-refractivity contribution < 1.29 is 4.79 Å². The van der Waals surface area contributed by atoms with Gasteiger partial charge in [0.05, 0.1) is 17.1 Å². The number of rotatable bonds is 5. The van der Waals surface area contributed by atoms with Gasteiger partial charge in [0.2, 0.25) is 5.16 Å². The Morgan fingerprint density at radius 3 is 2.29 bits per heavy atom. The van der Waals surface area contributed by atoms with Gasteiger partial charge in [0.25, 0.3) is 5.91 Å². The summed E-state index contributed by atoms with van der Waals surface area (Å²) in [5.41, 5.74) is 3.55. The third-order valence-electron chi connectivity index (χ3n) is 4.19. The number of aryl methyl sites for hydroxylation is 2. The second kappa shape index (κ2) is 7.82.